The molecule has 3 aromatic rings. The van der Waals surface area contributed by atoms with Gasteiger partial charge < -0.3 is 31.9 Å². The average molecular weight is 549 g/mol. The van der Waals surface area contributed by atoms with Crippen LogP contribution in [0.25, 0.3) is 11.2 Å². The number of nitrogens with two attached hydrogens (primary N) is 2. The monoisotopic (exact) mass is 548 g/mol. The molecular formula is C27H32N8O5. The molecule has 1 aliphatic carbocycles. The second-order valence-electron chi connectivity index (χ2n) is 9.43. The van der Waals surface area contributed by atoms with E-state index in [2.05, 4.69) is 30.6 Å². The number of hydrogen-bond acceptors (Lipinski definition) is 11. The fourth-order valence-electron chi connectivity index (χ4n) is 4.22. The Morgan fingerprint density at radius 2 is 1.88 bits per heavy atom. The van der Waals surface area contributed by atoms with Crippen LogP contribution in [0.3, 0.4) is 0 Å². The average Bonchev–Trinajstić information content (AvgIpc) is 2.91. The first kappa shape index (κ1) is 28.2. The van der Waals surface area contributed by atoms with E-state index in [1.807, 2.05) is 12.2 Å². The lowest BCUT2D eigenvalue weighted by molar-refractivity contribution is -0.150. The van der Waals surface area contributed by atoms with Crippen LogP contribution in [0.1, 0.15) is 61.0 Å². The Labute approximate surface area is 230 Å². The lowest BCUT2D eigenvalue weighted by Gasteiger charge is -2.21. The smallest absolute Gasteiger partial charge is 0.329 e. The zero-order valence-electron chi connectivity index (χ0n) is 21.9. The topological polar surface area (TPSA) is 208 Å². The van der Waals surface area contributed by atoms with Crippen molar-refractivity contribution in [2.24, 2.45) is 0 Å². The van der Waals surface area contributed by atoms with Crippen molar-refractivity contribution >= 4 is 46.5 Å². The molecule has 0 saturated heterocycles. The van der Waals surface area contributed by atoms with Crippen molar-refractivity contribution in [1.82, 2.24) is 25.3 Å². The Morgan fingerprint density at radius 1 is 1.07 bits per heavy atom. The summed E-state index contributed by atoms with van der Waals surface area (Å²) in [5.41, 5.74) is 13.7. The molecule has 210 valence electrons. The van der Waals surface area contributed by atoms with Gasteiger partial charge in [-0.15, -0.1) is 0 Å². The molecule has 0 fully saturated rings. The number of nitrogens with one attached hydrogen (secondary N) is 2. The molecule has 0 aliphatic heterocycles. The van der Waals surface area contributed by atoms with E-state index in [1.165, 1.54) is 0 Å². The summed E-state index contributed by atoms with van der Waals surface area (Å²) in [5, 5.41) is 14.9. The van der Waals surface area contributed by atoms with E-state index in [9.17, 15) is 14.4 Å². The van der Waals surface area contributed by atoms with Crippen LogP contribution in [0.15, 0.2) is 42.6 Å². The summed E-state index contributed by atoms with van der Waals surface area (Å²) in [5.74, 6) is -2.06. The molecule has 4 rings (SSSR count). The van der Waals surface area contributed by atoms with Gasteiger partial charge in [0.2, 0.25) is 5.95 Å². The number of carbonyl (C=O) groups excluding carboxylic acids is 2. The molecule has 1 aliphatic rings. The van der Waals surface area contributed by atoms with Crippen LogP contribution in [0, 0.1) is 0 Å². The van der Waals surface area contributed by atoms with Crippen molar-refractivity contribution in [2.75, 3.05) is 16.8 Å². The Balaban J connectivity index is 1.36. The second kappa shape index (κ2) is 13.3. The van der Waals surface area contributed by atoms with Gasteiger partial charge in [0.05, 0.1) is 18.4 Å². The van der Waals surface area contributed by atoms with Gasteiger partial charge in [0.25, 0.3) is 5.91 Å². The van der Waals surface area contributed by atoms with E-state index < -0.39 is 30.0 Å². The van der Waals surface area contributed by atoms with Crippen molar-refractivity contribution < 1.29 is 24.2 Å². The van der Waals surface area contributed by atoms with Crippen LogP contribution in [0.2, 0.25) is 0 Å². The van der Waals surface area contributed by atoms with Crippen LogP contribution in [-0.4, -0.2) is 55.0 Å². The number of carboxylic acid groups (broad SMARTS) is 1. The highest BCUT2D eigenvalue weighted by molar-refractivity contribution is 5.97. The molecule has 40 heavy (non-hydrogen) atoms. The Morgan fingerprint density at radius 3 is 2.65 bits per heavy atom. The summed E-state index contributed by atoms with van der Waals surface area (Å²) < 4.78 is 5.61. The largest absolute Gasteiger partial charge is 0.481 e. The number of aromatic nitrogens is 4. The van der Waals surface area contributed by atoms with Gasteiger partial charge in [-0.1, -0.05) is 12.5 Å². The number of benzene rings is 1. The van der Waals surface area contributed by atoms with Crippen molar-refractivity contribution in [3.8, 4) is 0 Å². The highest BCUT2D eigenvalue weighted by atomic mass is 16.5. The standard InChI is InChI=1S/C27H32N8O5/c28-23-22-24(35-27(29)34-23)31-15-18(32-22)14-30-17-10-8-16(9-11-17)25(38)33-20(12-13-21(36)37)26(39)40-19-6-4-2-1-3-5-7-19/h4,6,8-11,15,19-20,30H,1-3,5,7,12-14H2,(H,33,38)(H,36,37)(H4,28,29,31,34,35)/b6-4+/t19?,20-/m1/s1. The molecule has 0 bridgehead atoms. The number of allylic oxidation sites excluding steroid dienone is 1. The predicted octanol–water partition coefficient (Wildman–Crippen LogP) is 2.59. The van der Waals surface area contributed by atoms with Crippen LogP contribution in [-0.2, 0) is 20.9 Å². The van der Waals surface area contributed by atoms with E-state index in [0.717, 1.165) is 25.7 Å². The van der Waals surface area contributed by atoms with Crippen molar-refractivity contribution in [1.29, 1.82) is 0 Å². The lowest BCUT2D eigenvalue weighted by Crippen LogP contribution is -2.43. The molecule has 2 aromatic heterocycles. The number of fused-ring (bicyclic) bond motifs is 1. The normalized spacial score (nSPS) is 16.8. The Kier molecular flexibility index (Phi) is 9.39. The molecule has 13 heteroatoms. The highest BCUT2D eigenvalue weighted by Gasteiger charge is 2.26. The van der Waals surface area contributed by atoms with Crippen LogP contribution < -0.4 is 22.1 Å². The number of esters is 1. The number of ether oxygens (including phenoxy) is 1. The van der Waals surface area contributed by atoms with Gasteiger partial charge >= 0.3 is 11.9 Å². The fourth-order valence-corrected chi connectivity index (χ4v) is 4.22. The van der Waals surface area contributed by atoms with Crippen LogP contribution in [0.4, 0.5) is 17.5 Å². The quantitative estimate of drug-likeness (QED) is 0.183. The number of rotatable bonds is 10. The molecule has 1 unspecified atom stereocenters. The first-order chi connectivity index (χ1) is 19.3. The van der Waals surface area contributed by atoms with Gasteiger partial charge in [-0.25, -0.2) is 14.8 Å². The molecule has 2 heterocycles. The highest BCUT2D eigenvalue weighted by Crippen LogP contribution is 2.18. The SMILES string of the molecule is Nc1nc(N)c2nc(CNc3ccc(C(=O)N[C@H](CCC(=O)O)C(=O)OC4/C=C/CCCCC4)cc3)cnc2n1. The lowest BCUT2D eigenvalue weighted by atomic mass is 10.0. The number of amides is 1. The van der Waals surface area contributed by atoms with E-state index >= 15 is 0 Å². The second-order valence-corrected chi connectivity index (χ2v) is 9.43. The fraction of sp³-hybridized carbons (Fsp3) is 0.370. The van der Waals surface area contributed by atoms with Gasteiger partial charge in [-0.3, -0.25) is 9.59 Å². The number of nitrogens with zero attached hydrogens (tertiary/aromatic N) is 4. The number of nitrogen functional groups attached to an aromatic ring is 2. The third-order valence-corrected chi connectivity index (χ3v) is 6.34. The predicted molar refractivity (Wildman–Crippen MR) is 148 cm³/mol. The van der Waals surface area contributed by atoms with E-state index in [1.54, 1.807) is 30.5 Å². The number of hydrogen-bond donors (Lipinski definition) is 5. The van der Waals surface area contributed by atoms with Gasteiger partial charge in [-0.05, 0) is 62.4 Å². The Hall–Kier alpha value is -4.81. The number of carboxylic acids is 1. The maximum atomic E-state index is 12.9. The minimum Gasteiger partial charge on any atom is -0.481 e. The molecule has 1 amide bonds. The molecule has 0 saturated carbocycles. The molecular weight excluding hydrogens is 516 g/mol. The summed E-state index contributed by atoms with van der Waals surface area (Å²) in [7, 11) is 0. The summed E-state index contributed by atoms with van der Waals surface area (Å²) in [4.78, 5) is 53.5. The summed E-state index contributed by atoms with van der Waals surface area (Å²) in [6.45, 7) is 0.316. The molecule has 7 N–H and O–H groups in total. The minimum absolute atomic E-state index is 0.0200. The summed E-state index contributed by atoms with van der Waals surface area (Å²) in [6, 6.07) is 5.50. The third-order valence-electron chi connectivity index (χ3n) is 6.34. The number of aliphatic carboxylic acids is 1. The molecule has 2 atom stereocenters. The van der Waals surface area contributed by atoms with Crippen molar-refractivity contribution in [3.63, 3.8) is 0 Å². The third kappa shape index (κ3) is 7.85. The van der Waals surface area contributed by atoms with Crippen LogP contribution >= 0.6 is 0 Å². The van der Waals surface area contributed by atoms with E-state index in [-0.39, 0.29) is 24.6 Å². The number of anilines is 3. The van der Waals surface area contributed by atoms with Crippen molar-refractivity contribution in [2.45, 2.75) is 63.6 Å². The van der Waals surface area contributed by atoms with Crippen molar-refractivity contribution in [3.05, 3.63) is 53.9 Å². The van der Waals surface area contributed by atoms with E-state index in [0.29, 0.717) is 41.1 Å². The van der Waals surface area contributed by atoms with Gasteiger partial charge in [0.15, 0.2) is 17.0 Å². The summed E-state index contributed by atoms with van der Waals surface area (Å²) in [6.07, 6.45) is 9.34. The van der Waals surface area contributed by atoms with E-state index in [4.69, 9.17) is 21.3 Å². The maximum Gasteiger partial charge on any atom is 0.329 e. The van der Waals surface area contributed by atoms with Gasteiger partial charge in [0.1, 0.15) is 12.1 Å². The van der Waals surface area contributed by atoms with Crippen LogP contribution in [0.5, 0.6) is 0 Å². The molecule has 0 spiro atoms. The minimum atomic E-state index is -1.08. The zero-order chi connectivity index (χ0) is 28.5. The Bertz CT molecular complexity index is 1400. The first-order valence-corrected chi connectivity index (χ1v) is 13.1. The maximum absolute atomic E-state index is 12.9. The first-order valence-electron chi connectivity index (χ1n) is 13.1. The molecule has 1 aromatic carbocycles. The summed E-state index contributed by atoms with van der Waals surface area (Å²) >= 11 is 0. The zero-order valence-corrected chi connectivity index (χ0v) is 21.9. The van der Waals surface area contributed by atoms with Gasteiger partial charge in [-0.2, -0.15) is 9.97 Å². The van der Waals surface area contributed by atoms with Gasteiger partial charge in [0, 0.05) is 17.7 Å². The molecule has 13 nitrogen and oxygen atoms in total. The molecule has 0 radical (unpaired) electrons. The number of carbonyl (C=O) groups is 3.